The zero-order chi connectivity index (χ0) is 13.1. The monoisotopic (exact) mass is 244 g/mol. The summed E-state index contributed by atoms with van der Waals surface area (Å²) in [6.45, 7) is 6.32. The van der Waals surface area contributed by atoms with E-state index >= 15 is 0 Å². The summed E-state index contributed by atoms with van der Waals surface area (Å²) < 4.78 is 1.85. The van der Waals surface area contributed by atoms with Crippen molar-refractivity contribution in [1.29, 1.82) is 0 Å². The first-order valence-corrected chi connectivity index (χ1v) is 6.39. The molecule has 2 aromatic rings. The van der Waals surface area contributed by atoms with Crippen LogP contribution in [0.1, 0.15) is 50.5 Å². The molecule has 0 amide bonds. The number of nitrogens with two attached hydrogens (primary N) is 1. The number of aromatic nitrogens is 3. The number of hydrogen-bond acceptors (Lipinski definition) is 3. The molecule has 0 bridgehead atoms. The summed E-state index contributed by atoms with van der Waals surface area (Å²) in [7, 11) is 0. The van der Waals surface area contributed by atoms with Crippen LogP contribution in [0.25, 0.3) is 5.69 Å². The number of pyridine rings is 1. The second kappa shape index (κ2) is 5.31. The highest BCUT2D eigenvalue weighted by Crippen LogP contribution is 2.15. The highest BCUT2D eigenvalue weighted by molar-refractivity contribution is 5.30. The maximum Gasteiger partial charge on any atom is 0.0829 e. The maximum absolute atomic E-state index is 5.94. The van der Waals surface area contributed by atoms with Crippen LogP contribution in [0.4, 0.5) is 0 Å². The average molecular weight is 244 g/mol. The molecule has 2 aromatic heterocycles. The lowest BCUT2D eigenvalue weighted by Crippen LogP contribution is -2.10. The van der Waals surface area contributed by atoms with E-state index in [2.05, 4.69) is 30.9 Å². The summed E-state index contributed by atoms with van der Waals surface area (Å²) in [5.41, 5.74) is 8.92. The molecule has 0 aliphatic rings. The number of nitrogens with zero attached hydrogens (tertiary/aromatic N) is 3. The van der Waals surface area contributed by atoms with Crippen LogP contribution >= 0.6 is 0 Å². The van der Waals surface area contributed by atoms with Gasteiger partial charge >= 0.3 is 0 Å². The van der Waals surface area contributed by atoms with E-state index in [1.54, 1.807) is 0 Å². The molecule has 4 heteroatoms. The molecule has 1 atom stereocenters. The van der Waals surface area contributed by atoms with Crippen molar-refractivity contribution < 1.29 is 0 Å². The van der Waals surface area contributed by atoms with Crippen LogP contribution in [0.5, 0.6) is 0 Å². The fourth-order valence-electron chi connectivity index (χ4n) is 1.75. The second-order valence-corrected chi connectivity index (χ2v) is 4.80. The van der Waals surface area contributed by atoms with Crippen molar-refractivity contribution in [2.45, 2.75) is 39.2 Å². The van der Waals surface area contributed by atoms with E-state index in [9.17, 15) is 0 Å². The zero-order valence-electron chi connectivity index (χ0n) is 11.2. The average Bonchev–Trinajstić information content (AvgIpc) is 2.88. The predicted molar refractivity (Wildman–Crippen MR) is 72.7 cm³/mol. The molecule has 0 aliphatic carbocycles. The Morgan fingerprint density at radius 2 is 2.00 bits per heavy atom. The van der Waals surface area contributed by atoms with E-state index < -0.39 is 0 Å². The first-order valence-electron chi connectivity index (χ1n) is 6.39. The Labute approximate surface area is 108 Å². The SMILES string of the molecule is CCC(N)c1ccc(-n2ccc(C(C)C)n2)cn1. The molecule has 0 fully saturated rings. The van der Waals surface area contributed by atoms with Crippen molar-refractivity contribution in [1.82, 2.24) is 14.8 Å². The van der Waals surface area contributed by atoms with Crippen LogP contribution in [-0.2, 0) is 0 Å². The van der Waals surface area contributed by atoms with Crippen molar-refractivity contribution in [2.75, 3.05) is 0 Å². The van der Waals surface area contributed by atoms with Gasteiger partial charge in [0.2, 0.25) is 0 Å². The van der Waals surface area contributed by atoms with Crippen molar-refractivity contribution in [3.05, 3.63) is 42.0 Å². The second-order valence-electron chi connectivity index (χ2n) is 4.80. The molecule has 0 saturated heterocycles. The first-order chi connectivity index (χ1) is 8.61. The van der Waals surface area contributed by atoms with E-state index in [4.69, 9.17) is 5.73 Å². The van der Waals surface area contributed by atoms with Crippen molar-refractivity contribution in [3.63, 3.8) is 0 Å². The smallest absolute Gasteiger partial charge is 0.0829 e. The molecule has 2 N–H and O–H groups in total. The minimum atomic E-state index is 0.0166. The van der Waals surface area contributed by atoms with Crippen molar-refractivity contribution in [3.8, 4) is 5.69 Å². The van der Waals surface area contributed by atoms with Gasteiger partial charge in [0.05, 0.1) is 23.3 Å². The Kier molecular flexibility index (Phi) is 3.77. The van der Waals surface area contributed by atoms with Gasteiger partial charge in [-0.1, -0.05) is 20.8 Å². The van der Waals surface area contributed by atoms with Gasteiger partial charge in [0.15, 0.2) is 0 Å². The Morgan fingerprint density at radius 3 is 2.50 bits per heavy atom. The molecule has 18 heavy (non-hydrogen) atoms. The first kappa shape index (κ1) is 12.8. The van der Waals surface area contributed by atoms with E-state index in [0.717, 1.165) is 23.5 Å². The number of hydrogen-bond donors (Lipinski definition) is 1. The molecule has 0 radical (unpaired) electrons. The predicted octanol–water partition coefficient (Wildman–Crippen LogP) is 2.80. The Balaban J connectivity index is 2.23. The summed E-state index contributed by atoms with van der Waals surface area (Å²) in [4.78, 5) is 4.39. The largest absolute Gasteiger partial charge is 0.323 e. The van der Waals surface area contributed by atoms with Crippen LogP contribution in [-0.4, -0.2) is 14.8 Å². The van der Waals surface area contributed by atoms with Gasteiger partial charge in [0.25, 0.3) is 0 Å². The molecule has 4 nitrogen and oxygen atoms in total. The Hall–Kier alpha value is -1.68. The van der Waals surface area contributed by atoms with Gasteiger partial charge in [-0.15, -0.1) is 0 Å². The molecule has 0 spiro atoms. The maximum atomic E-state index is 5.94. The van der Waals surface area contributed by atoms with Crippen molar-refractivity contribution in [2.24, 2.45) is 5.73 Å². The summed E-state index contributed by atoms with van der Waals surface area (Å²) in [5, 5.41) is 4.52. The summed E-state index contributed by atoms with van der Waals surface area (Å²) >= 11 is 0. The highest BCUT2D eigenvalue weighted by atomic mass is 15.3. The lowest BCUT2D eigenvalue weighted by molar-refractivity contribution is 0.673. The fourth-order valence-corrected chi connectivity index (χ4v) is 1.75. The minimum absolute atomic E-state index is 0.0166. The molecular weight excluding hydrogens is 224 g/mol. The van der Waals surface area contributed by atoms with Crippen LogP contribution in [0, 0.1) is 0 Å². The molecule has 0 saturated carbocycles. The summed E-state index contributed by atoms with van der Waals surface area (Å²) in [6, 6.07) is 6.04. The molecule has 96 valence electrons. The third-order valence-corrected chi connectivity index (χ3v) is 3.06. The molecule has 0 aromatic carbocycles. The van der Waals surface area contributed by atoms with Gasteiger partial charge < -0.3 is 5.73 Å². The zero-order valence-corrected chi connectivity index (χ0v) is 11.2. The minimum Gasteiger partial charge on any atom is -0.323 e. The quantitative estimate of drug-likeness (QED) is 0.899. The lowest BCUT2D eigenvalue weighted by Gasteiger charge is -2.08. The van der Waals surface area contributed by atoms with Crippen LogP contribution in [0.2, 0.25) is 0 Å². The van der Waals surface area contributed by atoms with E-state index in [0.29, 0.717) is 5.92 Å². The Bertz CT molecular complexity index is 499. The van der Waals surface area contributed by atoms with Gasteiger partial charge in [0.1, 0.15) is 0 Å². The van der Waals surface area contributed by atoms with Gasteiger partial charge in [-0.3, -0.25) is 4.98 Å². The fraction of sp³-hybridized carbons (Fsp3) is 0.429. The molecule has 1 unspecified atom stereocenters. The van der Waals surface area contributed by atoms with Crippen LogP contribution in [0.15, 0.2) is 30.6 Å². The highest BCUT2D eigenvalue weighted by Gasteiger charge is 2.07. The standard InChI is InChI=1S/C14H20N4/c1-4-12(15)14-6-5-11(9-16-14)18-8-7-13(17-18)10(2)3/h5-10,12H,4,15H2,1-3H3. The van der Waals surface area contributed by atoms with E-state index in [1.165, 1.54) is 0 Å². The third kappa shape index (κ3) is 2.59. The van der Waals surface area contributed by atoms with Crippen LogP contribution in [0.3, 0.4) is 0 Å². The van der Waals surface area contributed by atoms with E-state index in [-0.39, 0.29) is 6.04 Å². The van der Waals surface area contributed by atoms with Gasteiger partial charge in [-0.25, -0.2) is 4.68 Å². The number of rotatable bonds is 4. The molecule has 2 rings (SSSR count). The van der Waals surface area contributed by atoms with Gasteiger partial charge in [0, 0.05) is 12.2 Å². The third-order valence-electron chi connectivity index (χ3n) is 3.06. The van der Waals surface area contributed by atoms with Crippen molar-refractivity contribution >= 4 is 0 Å². The summed E-state index contributed by atoms with van der Waals surface area (Å²) in [6.07, 6.45) is 4.68. The van der Waals surface area contributed by atoms with E-state index in [1.807, 2.05) is 35.3 Å². The normalized spacial score (nSPS) is 12.9. The van der Waals surface area contributed by atoms with Gasteiger partial charge in [-0.2, -0.15) is 5.10 Å². The molecule has 2 heterocycles. The molecule has 0 aliphatic heterocycles. The topological polar surface area (TPSA) is 56.7 Å². The molecular formula is C14H20N4. The Morgan fingerprint density at radius 1 is 1.22 bits per heavy atom. The van der Waals surface area contributed by atoms with Gasteiger partial charge in [-0.05, 0) is 30.5 Å². The summed E-state index contributed by atoms with van der Waals surface area (Å²) in [5.74, 6) is 0.437. The van der Waals surface area contributed by atoms with Crippen LogP contribution < -0.4 is 5.73 Å². The lowest BCUT2D eigenvalue weighted by atomic mass is 10.1.